The zero-order valence-corrected chi connectivity index (χ0v) is 22.8. The fourth-order valence-electron chi connectivity index (χ4n) is 6.00. The van der Waals surface area contributed by atoms with Crippen molar-refractivity contribution < 1.29 is 37.5 Å². The van der Waals surface area contributed by atoms with E-state index in [2.05, 4.69) is 37.3 Å². The second-order valence-electron chi connectivity index (χ2n) is 10.9. The van der Waals surface area contributed by atoms with Crippen LogP contribution < -0.4 is 10.6 Å². The number of nitrogens with one attached hydrogen (secondary N) is 2. The summed E-state index contributed by atoms with van der Waals surface area (Å²) in [5, 5.41) is 14.9. The van der Waals surface area contributed by atoms with Gasteiger partial charge in [-0.1, -0.05) is 6.92 Å². The van der Waals surface area contributed by atoms with Crippen LogP contribution in [-0.4, -0.2) is 65.2 Å². The highest BCUT2D eigenvalue weighted by molar-refractivity contribution is 7.46. The van der Waals surface area contributed by atoms with Gasteiger partial charge in [0.15, 0.2) is 12.5 Å². The molecule has 16 heteroatoms. The maximum atomic E-state index is 15.0. The van der Waals surface area contributed by atoms with Gasteiger partial charge in [-0.15, -0.1) is 0 Å². The number of amides is 1. The quantitative estimate of drug-likeness (QED) is 0.260. The molecule has 216 valence electrons. The summed E-state index contributed by atoms with van der Waals surface area (Å²) in [6, 6.07) is 3.43. The minimum absolute atomic E-state index is 0.0776. The number of alkyl halides is 1. The number of aromatic nitrogens is 5. The van der Waals surface area contributed by atoms with Gasteiger partial charge in [-0.3, -0.25) is 4.52 Å². The minimum atomic E-state index is -4.80. The molecule has 4 N–H and O–H groups in total. The number of fused-ring (bicyclic) bond motifs is 1. The standard InChI is InChI=1S/C24H31FN7O7P/c1-13-15-9-24(13,10-15)28-23(33)39-20-6-14(5-17(20)25)18-8-21(32(30-18)12-38-40(34,35)36)27-22-19-7-16(11-37-2)29-31(19)4-3-26-22/h3-4,7-8,13-15,17,20H,5-6,9-12H2,1-2H3,(H,26,27)(H,28,33)(H2,34,35,36)/t13-,14+,15?,17-,20+,24?/m0/s1. The zero-order chi connectivity index (χ0) is 28.2. The third kappa shape index (κ3) is 5.07. The first-order valence-corrected chi connectivity index (χ1v) is 14.6. The number of methoxy groups -OCH3 is 1. The number of alkyl carbamates (subject to hydrolysis) is 1. The molecule has 40 heavy (non-hydrogen) atoms. The molecule has 4 fully saturated rings. The van der Waals surface area contributed by atoms with Crippen LogP contribution in [0.2, 0.25) is 0 Å². The first-order chi connectivity index (χ1) is 19.0. The summed E-state index contributed by atoms with van der Waals surface area (Å²) in [5.41, 5.74) is 1.55. The van der Waals surface area contributed by atoms with Crippen molar-refractivity contribution in [3.8, 4) is 0 Å². The summed E-state index contributed by atoms with van der Waals surface area (Å²) in [6.45, 7) is 1.83. The predicted molar refractivity (Wildman–Crippen MR) is 137 cm³/mol. The van der Waals surface area contributed by atoms with Gasteiger partial charge >= 0.3 is 13.9 Å². The number of phosphoric ester groups is 1. The van der Waals surface area contributed by atoms with Crippen LogP contribution in [0.5, 0.6) is 0 Å². The monoisotopic (exact) mass is 579 g/mol. The second-order valence-corrected chi connectivity index (χ2v) is 12.1. The average Bonchev–Trinajstić information content (AvgIpc) is 3.57. The summed E-state index contributed by atoms with van der Waals surface area (Å²) in [5.74, 6) is 1.38. The Morgan fingerprint density at radius 1 is 1.27 bits per heavy atom. The van der Waals surface area contributed by atoms with Crippen LogP contribution in [0.25, 0.3) is 5.52 Å². The summed E-state index contributed by atoms with van der Waals surface area (Å²) in [4.78, 5) is 35.4. The van der Waals surface area contributed by atoms with Crippen molar-refractivity contribution in [1.82, 2.24) is 29.7 Å². The largest absolute Gasteiger partial charge is 0.471 e. The van der Waals surface area contributed by atoms with Gasteiger partial charge < -0.3 is 29.9 Å². The molecule has 3 aromatic rings. The maximum Gasteiger partial charge on any atom is 0.471 e. The number of anilines is 2. The Labute approximate surface area is 228 Å². The Morgan fingerprint density at radius 2 is 2.08 bits per heavy atom. The lowest BCUT2D eigenvalue weighted by Gasteiger charge is -2.67. The number of carbonyl (C=O) groups is 1. The van der Waals surface area contributed by atoms with Gasteiger partial charge in [0.05, 0.1) is 18.0 Å². The molecule has 4 saturated carbocycles. The molecule has 0 saturated heterocycles. The van der Waals surface area contributed by atoms with E-state index in [1.807, 2.05) is 0 Å². The first-order valence-electron chi connectivity index (χ1n) is 13.0. The Morgan fingerprint density at radius 3 is 2.75 bits per heavy atom. The number of nitrogens with zero attached hydrogens (tertiary/aromatic N) is 5. The molecule has 2 bridgehead atoms. The lowest BCUT2D eigenvalue weighted by atomic mass is 9.43. The van der Waals surface area contributed by atoms with Crippen molar-refractivity contribution >= 4 is 31.1 Å². The Kier molecular flexibility index (Phi) is 6.82. The lowest BCUT2D eigenvalue weighted by molar-refractivity contribution is -0.123. The van der Waals surface area contributed by atoms with Crippen molar-refractivity contribution in [1.29, 1.82) is 0 Å². The van der Waals surface area contributed by atoms with Gasteiger partial charge in [0, 0.05) is 37.0 Å². The molecule has 0 aliphatic heterocycles. The molecular weight excluding hydrogens is 548 g/mol. The zero-order valence-electron chi connectivity index (χ0n) is 21.9. The molecule has 14 nitrogen and oxygen atoms in total. The fraction of sp³-hybridized carbons (Fsp3) is 0.583. The number of rotatable bonds is 10. The Balaban J connectivity index is 1.19. The molecule has 0 radical (unpaired) electrons. The van der Waals surface area contributed by atoms with Crippen LogP contribution in [0.1, 0.15) is 49.9 Å². The van der Waals surface area contributed by atoms with Crippen molar-refractivity contribution in [3.05, 3.63) is 35.9 Å². The van der Waals surface area contributed by atoms with Gasteiger partial charge in [0.2, 0.25) is 0 Å². The van der Waals surface area contributed by atoms with Gasteiger partial charge in [-0.25, -0.2) is 27.9 Å². The third-order valence-electron chi connectivity index (χ3n) is 8.42. The molecule has 4 aliphatic rings. The van der Waals surface area contributed by atoms with E-state index in [4.69, 9.17) is 9.47 Å². The van der Waals surface area contributed by atoms with Gasteiger partial charge in [-0.05, 0) is 43.6 Å². The molecular formula is C24H31FN7O7P. The molecule has 0 unspecified atom stereocenters. The Hall–Kier alpha value is -3.10. The van der Waals surface area contributed by atoms with Gasteiger partial charge in [0.1, 0.15) is 23.6 Å². The highest BCUT2D eigenvalue weighted by atomic mass is 31.2. The first kappa shape index (κ1) is 27.1. The van der Waals surface area contributed by atoms with Crippen LogP contribution in [-0.2, 0) is 31.9 Å². The molecule has 3 heterocycles. The number of hydrogen-bond acceptors (Lipinski definition) is 9. The average molecular weight is 580 g/mol. The van der Waals surface area contributed by atoms with Crippen molar-refractivity contribution in [2.75, 3.05) is 12.4 Å². The van der Waals surface area contributed by atoms with E-state index in [0.29, 0.717) is 47.0 Å². The highest BCUT2D eigenvalue weighted by Crippen LogP contribution is 2.61. The third-order valence-corrected chi connectivity index (χ3v) is 8.87. The van der Waals surface area contributed by atoms with E-state index in [9.17, 15) is 23.5 Å². The van der Waals surface area contributed by atoms with Crippen LogP contribution in [0.4, 0.5) is 20.8 Å². The van der Waals surface area contributed by atoms with Gasteiger partial charge in [-0.2, -0.15) is 10.2 Å². The van der Waals surface area contributed by atoms with Crippen molar-refractivity contribution in [2.24, 2.45) is 11.8 Å². The van der Waals surface area contributed by atoms with Gasteiger partial charge in [0.25, 0.3) is 0 Å². The van der Waals surface area contributed by atoms with Crippen LogP contribution in [0.3, 0.4) is 0 Å². The molecule has 4 aliphatic carbocycles. The molecule has 4 atom stereocenters. The van der Waals surface area contributed by atoms with E-state index in [0.717, 1.165) is 12.8 Å². The van der Waals surface area contributed by atoms with E-state index >= 15 is 0 Å². The number of phosphoric acid groups is 1. The predicted octanol–water partition coefficient (Wildman–Crippen LogP) is 2.99. The molecule has 7 rings (SSSR count). The number of carbonyl (C=O) groups excluding carboxylic acids is 1. The van der Waals surface area contributed by atoms with E-state index < -0.39 is 38.8 Å². The van der Waals surface area contributed by atoms with E-state index in [1.165, 1.54) is 10.9 Å². The SMILES string of the molecule is COCc1cc2c(Nc3cc([C@@H]4C[C@H](F)[C@H](OC(=O)NC56CC(C5)[C@@H]6C)C4)nn3COP(=O)(O)O)nccn2n1. The molecule has 0 spiro atoms. The van der Waals surface area contributed by atoms with Crippen LogP contribution in [0.15, 0.2) is 24.5 Å². The topological polar surface area (TPSA) is 174 Å². The lowest BCUT2D eigenvalue weighted by Crippen LogP contribution is -2.74. The van der Waals surface area contributed by atoms with E-state index in [-0.39, 0.29) is 18.4 Å². The fourth-order valence-corrected chi connectivity index (χ4v) is 6.26. The molecule has 3 aromatic heterocycles. The normalized spacial score (nSPS) is 29.2. The maximum absolute atomic E-state index is 15.0. The Bertz CT molecular complexity index is 1470. The smallest absolute Gasteiger partial charge is 0.443 e. The van der Waals surface area contributed by atoms with Crippen molar-refractivity contribution in [3.63, 3.8) is 0 Å². The molecule has 0 aromatic carbocycles. The summed E-state index contributed by atoms with van der Waals surface area (Å²) in [7, 11) is -3.24. The second kappa shape index (κ2) is 10.1. The molecule has 1 amide bonds. The number of ether oxygens (including phenoxy) is 2. The van der Waals surface area contributed by atoms with Crippen molar-refractivity contribution in [2.45, 2.75) is 69.7 Å². The minimum Gasteiger partial charge on any atom is -0.443 e. The summed E-state index contributed by atoms with van der Waals surface area (Å²) in [6.07, 6.45) is 2.47. The number of hydrogen-bond donors (Lipinski definition) is 4. The summed E-state index contributed by atoms with van der Waals surface area (Å²) < 4.78 is 44.5. The van der Waals surface area contributed by atoms with Crippen LogP contribution >= 0.6 is 7.82 Å². The van der Waals surface area contributed by atoms with Crippen LogP contribution in [0, 0.1) is 11.8 Å². The summed E-state index contributed by atoms with van der Waals surface area (Å²) >= 11 is 0. The van der Waals surface area contributed by atoms with E-state index in [1.54, 1.807) is 30.0 Å². The highest BCUT2D eigenvalue weighted by Gasteiger charge is 2.64. The number of halogens is 1.